The second kappa shape index (κ2) is 6.35. The van der Waals surface area contributed by atoms with Crippen LogP contribution in [0.4, 0.5) is 0 Å². The van der Waals surface area contributed by atoms with Crippen LogP contribution in [0.3, 0.4) is 0 Å². The molecular weight excluding hydrogens is 242 g/mol. The molecule has 0 radical (unpaired) electrons. The molecule has 0 bridgehead atoms. The molecule has 0 saturated carbocycles. The van der Waals surface area contributed by atoms with Crippen LogP contribution in [0, 0.1) is 0 Å². The molecule has 1 aromatic carbocycles. The standard InChI is InChI=1S/C12H16ClNO3/c1-8(13)12(15)14-7-9-4-5-10(16-2)11(6-9)17-3/h4-6,8H,7H2,1-3H3,(H,14,15). The highest BCUT2D eigenvalue weighted by Gasteiger charge is 2.09. The van der Waals surface area contributed by atoms with E-state index in [0.29, 0.717) is 18.0 Å². The molecule has 1 amide bonds. The van der Waals surface area contributed by atoms with Gasteiger partial charge >= 0.3 is 0 Å². The van der Waals surface area contributed by atoms with E-state index in [1.807, 2.05) is 12.1 Å². The summed E-state index contributed by atoms with van der Waals surface area (Å²) in [5.74, 6) is 1.10. The normalized spacial score (nSPS) is 11.8. The molecule has 1 unspecified atom stereocenters. The summed E-state index contributed by atoms with van der Waals surface area (Å²) in [5.41, 5.74) is 0.924. The third-order valence-electron chi connectivity index (χ3n) is 2.28. The van der Waals surface area contributed by atoms with Gasteiger partial charge in [-0.3, -0.25) is 4.79 Å². The van der Waals surface area contributed by atoms with Gasteiger partial charge < -0.3 is 14.8 Å². The quantitative estimate of drug-likeness (QED) is 0.821. The summed E-state index contributed by atoms with van der Waals surface area (Å²) in [4.78, 5) is 11.3. The first-order chi connectivity index (χ1) is 8.08. The van der Waals surface area contributed by atoms with E-state index in [1.54, 1.807) is 27.2 Å². The fourth-order valence-electron chi connectivity index (χ4n) is 1.32. The van der Waals surface area contributed by atoms with Gasteiger partial charge in [-0.15, -0.1) is 11.6 Å². The molecule has 1 aromatic rings. The van der Waals surface area contributed by atoms with Crippen molar-refractivity contribution in [3.8, 4) is 11.5 Å². The van der Waals surface area contributed by atoms with Crippen LogP contribution in [0.2, 0.25) is 0 Å². The molecule has 17 heavy (non-hydrogen) atoms. The van der Waals surface area contributed by atoms with Gasteiger partial charge in [0.15, 0.2) is 11.5 Å². The predicted molar refractivity (Wildman–Crippen MR) is 66.7 cm³/mol. The van der Waals surface area contributed by atoms with Gasteiger partial charge in [0.25, 0.3) is 0 Å². The summed E-state index contributed by atoms with van der Waals surface area (Å²) in [6.07, 6.45) is 0. The van der Waals surface area contributed by atoms with Gasteiger partial charge in [-0.2, -0.15) is 0 Å². The fourth-order valence-corrected chi connectivity index (χ4v) is 1.40. The Hall–Kier alpha value is -1.42. The number of amides is 1. The van der Waals surface area contributed by atoms with Gasteiger partial charge in [0.05, 0.1) is 14.2 Å². The number of hydrogen-bond acceptors (Lipinski definition) is 3. The van der Waals surface area contributed by atoms with Crippen LogP contribution in [-0.2, 0) is 11.3 Å². The van der Waals surface area contributed by atoms with E-state index < -0.39 is 5.38 Å². The number of carbonyl (C=O) groups is 1. The molecule has 0 saturated heterocycles. The summed E-state index contributed by atoms with van der Waals surface area (Å²) < 4.78 is 10.3. The SMILES string of the molecule is COc1ccc(CNC(=O)C(C)Cl)cc1OC. The zero-order valence-corrected chi connectivity index (χ0v) is 10.9. The summed E-state index contributed by atoms with van der Waals surface area (Å²) in [5, 5.41) is 2.19. The molecule has 0 fully saturated rings. The highest BCUT2D eigenvalue weighted by Crippen LogP contribution is 2.27. The maximum atomic E-state index is 11.3. The van der Waals surface area contributed by atoms with Gasteiger partial charge in [-0.25, -0.2) is 0 Å². The molecule has 94 valence electrons. The number of halogens is 1. The molecule has 0 aromatic heterocycles. The second-order valence-electron chi connectivity index (χ2n) is 3.52. The molecule has 1 rings (SSSR count). The van der Waals surface area contributed by atoms with E-state index in [-0.39, 0.29) is 5.91 Å². The van der Waals surface area contributed by atoms with Crippen molar-refractivity contribution in [1.82, 2.24) is 5.32 Å². The molecule has 0 heterocycles. The lowest BCUT2D eigenvalue weighted by molar-refractivity contribution is -0.120. The predicted octanol–water partition coefficient (Wildman–Crippen LogP) is 1.95. The number of nitrogens with one attached hydrogen (secondary N) is 1. The Balaban J connectivity index is 2.69. The van der Waals surface area contributed by atoms with Crippen LogP contribution in [0.5, 0.6) is 11.5 Å². The Kier molecular flexibility index (Phi) is 5.10. The lowest BCUT2D eigenvalue weighted by Gasteiger charge is -2.10. The van der Waals surface area contributed by atoms with E-state index in [4.69, 9.17) is 21.1 Å². The Morgan fingerprint density at radius 1 is 1.35 bits per heavy atom. The molecular formula is C12H16ClNO3. The second-order valence-corrected chi connectivity index (χ2v) is 4.18. The third-order valence-corrected chi connectivity index (χ3v) is 2.47. The lowest BCUT2D eigenvalue weighted by Crippen LogP contribution is -2.29. The van der Waals surface area contributed by atoms with Crippen molar-refractivity contribution < 1.29 is 14.3 Å². The van der Waals surface area contributed by atoms with Crippen LogP contribution in [-0.4, -0.2) is 25.5 Å². The van der Waals surface area contributed by atoms with Crippen LogP contribution in [0.1, 0.15) is 12.5 Å². The maximum absolute atomic E-state index is 11.3. The van der Waals surface area contributed by atoms with Crippen molar-refractivity contribution in [3.05, 3.63) is 23.8 Å². The highest BCUT2D eigenvalue weighted by atomic mass is 35.5. The largest absolute Gasteiger partial charge is 0.493 e. The number of ether oxygens (including phenoxy) is 2. The highest BCUT2D eigenvalue weighted by molar-refractivity contribution is 6.30. The van der Waals surface area contributed by atoms with E-state index in [2.05, 4.69) is 5.32 Å². The van der Waals surface area contributed by atoms with E-state index in [0.717, 1.165) is 5.56 Å². The monoisotopic (exact) mass is 257 g/mol. The minimum Gasteiger partial charge on any atom is -0.493 e. The van der Waals surface area contributed by atoms with E-state index in [1.165, 1.54) is 0 Å². The molecule has 1 N–H and O–H groups in total. The van der Waals surface area contributed by atoms with E-state index in [9.17, 15) is 4.79 Å². The molecule has 5 heteroatoms. The third kappa shape index (κ3) is 3.82. The Morgan fingerprint density at radius 3 is 2.53 bits per heavy atom. The first-order valence-electron chi connectivity index (χ1n) is 5.21. The fraction of sp³-hybridized carbons (Fsp3) is 0.417. The zero-order chi connectivity index (χ0) is 12.8. The van der Waals surface area contributed by atoms with Crippen LogP contribution in [0.25, 0.3) is 0 Å². The molecule has 4 nitrogen and oxygen atoms in total. The Bertz CT molecular complexity index is 393. The van der Waals surface area contributed by atoms with E-state index >= 15 is 0 Å². The zero-order valence-electron chi connectivity index (χ0n) is 10.1. The van der Waals surface area contributed by atoms with Crippen molar-refractivity contribution in [2.75, 3.05) is 14.2 Å². The van der Waals surface area contributed by atoms with Crippen molar-refractivity contribution in [2.45, 2.75) is 18.8 Å². The topological polar surface area (TPSA) is 47.6 Å². The lowest BCUT2D eigenvalue weighted by atomic mass is 10.2. The van der Waals surface area contributed by atoms with Gasteiger partial charge in [-0.1, -0.05) is 6.07 Å². The molecule has 1 atom stereocenters. The average molecular weight is 258 g/mol. The number of rotatable bonds is 5. The smallest absolute Gasteiger partial charge is 0.238 e. The van der Waals surface area contributed by atoms with Crippen LogP contribution >= 0.6 is 11.6 Å². The maximum Gasteiger partial charge on any atom is 0.238 e. The first kappa shape index (κ1) is 13.6. The van der Waals surface area contributed by atoms with Crippen LogP contribution in [0.15, 0.2) is 18.2 Å². The summed E-state index contributed by atoms with van der Waals surface area (Å²) >= 11 is 5.64. The molecule has 0 aliphatic heterocycles. The Morgan fingerprint density at radius 2 is 2.00 bits per heavy atom. The average Bonchev–Trinajstić information content (AvgIpc) is 2.35. The van der Waals surface area contributed by atoms with Crippen molar-refractivity contribution in [1.29, 1.82) is 0 Å². The number of methoxy groups -OCH3 is 2. The number of alkyl halides is 1. The van der Waals surface area contributed by atoms with Gasteiger partial charge in [0, 0.05) is 6.54 Å². The molecule has 0 spiro atoms. The van der Waals surface area contributed by atoms with Crippen molar-refractivity contribution in [2.24, 2.45) is 0 Å². The summed E-state index contributed by atoms with van der Waals surface area (Å²) in [6.45, 7) is 2.04. The minimum absolute atomic E-state index is 0.193. The number of benzene rings is 1. The number of hydrogen-bond donors (Lipinski definition) is 1. The number of carbonyl (C=O) groups excluding carboxylic acids is 1. The van der Waals surface area contributed by atoms with Crippen molar-refractivity contribution >= 4 is 17.5 Å². The first-order valence-corrected chi connectivity index (χ1v) is 5.64. The Labute approximate surface area is 106 Å². The summed E-state index contributed by atoms with van der Waals surface area (Å²) in [6, 6.07) is 5.48. The van der Waals surface area contributed by atoms with Gasteiger partial charge in [0.1, 0.15) is 5.38 Å². The van der Waals surface area contributed by atoms with Crippen molar-refractivity contribution in [3.63, 3.8) is 0 Å². The molecule has 0 aliphatic carbocycles. The van der Waals surface area contributed by atoms with Gasteiger partial charge in [0.2, 0.25) is 5.91 Å². The van der Waals surface area contributed by atoms with Gasteiger partial charge in [-0.05, 0) is 24.6 Å². The summed E-state index contributed by atoms with van der Waals surface area (Å²) in [7, 11) is 3.15. The van der Waals surface area contributed by atoms with Crippen LogP contribution < -0.4 is 14.8 Å². The molecule has 0 aliphatic rings. The minimum atomic E-state index is -0.532.